The molecule has 0 bridgehead atoms. The summed E-state index contributed by atoms with van der Waals surface area (Å²) in [5.41, 5.74) is -0.907. The van der Waals surface area contributed by atoms with Crippen molar-refractivity contribution in [1.29, 1.82) is 0 Å². The molecule has 0 atom stereocenters. The van der Waals surface area contributed by atoms with Crippen LogP contribution < -0.4 is 0 Å². The second kappa shape index (κ2) is 3.90. The molecule has 0 amide bonds. The maximum atomic E-state index is 11.8. The molecule has 0 saturated heterocycles. The molecule has 0 aliphatic carbocycles. The van der Waals surface area contributed by atoms with E-state index in [9.17, 15) is 13.2 Å². The second-order valence-electron chi connectivity index (χ2n) is 1.65. The van der Waals surface area contributed by atoms with Gasteiger partial charge in [0.15, 0.2) is 0 Å². The Balaban J connectivity index is 4.61. The third kappa shape index (κ3) is 3.54. The van der Waals surface area contributed by atoms with Gasteiger partial charge in [0.25, 0.3) is 0 Å². The zero-order valence-electron chi connectivity index (χ0n) is 5.89. The monoisotopic (exact) mass is 164 g/mol. The van der Waals surface area contributed by atoms with Crippen LogP contribution in [0.25, 0.3) is 0 Å². The number of aliphatic imine (C=N–C) groups is 2. The van der Waals surface area contributed by atoms with Gasteiger partial charge in [-0.25, -0.2) is 0 Å². The molecule has 0 rings (SSSR count). The van der Waals surface area contributed by atoms with Crippen LogP contribution in [0.5, 0.6) is 0 Å². The maximum absolute atomic E-state index is 11.8. The lowest BCUT2D eigenvalue weighted by atomic mass is 10.3. The van der Waals surface area contributed by atoms with Gasteiger partial charge in [-0.2, -0.15) is 13.2 Å². The molecule has 0 aromatic rings. The van der Waals surface area contributed by atoms with Crippen molar-refractivity contribution in [3.8, 4) is 0 Å². The lowest BCUT2D eigenvalue weighted by Crippen LogP contribution is -2.12. The number of rotatable bonds is 2. The minimum absolute atomic E-state index is 0.618. The van der Waals surface area contributed by atoms with Crippen molar-refractivity contribution in [1.82, 2.24) is 0 Å². The number of allylic oxidation sites excluding steroid dienone is 1. The van der Waals surface area contributed by atoms with Gasteiger partial charge in [-0.1, -0.05) is 0 Å². The Morgan fingerprint density at radius 1 is 1.45 bits per heavy atom. The predicted octanol–water partition coefficient (Wildman–Crippen LogP) is 1.83. The van der Waals surface area contributed by atoms with E-state index in [1.807, 2.05) is 0 Å². The molecule has 62 valence electrons. The summed E-state index contributed by atoms with van der Waals surface area (Å²) in [5.74, 6) is 0. The number of nitrogens with zero attached hydrogens (tertiary/aromatic N) is 2. The highest BCUT2D eigenvalue weighted by atomic mass is 19.4. The summed E-state index contributed by atoms with van der Waals surface area (Å²) in [5, 5.41) is 0. The molecule has 11 heavy (non-hydrogen) atoms. The lowest BCUT2D eigenvalue weighted by molar-refractivity contribution is -0.0857. The lowest BCUT2D eigenvalue weighted by Gasteiger charge is -2.03. The van der Waals surface area contributed by atoms with Crippen LogP contribution >= 0.6 is 0 Å². The summed E-state index contributed by atoms with van der Waals surface area (Å²) in [4.78, 5) is 6.22. The molecule has 0 unspecified atom stereocenters. The van der Waals surface area contributed by atoms with Crippen LogP contribution in [0, 0.1) is 0 Å². The Hall–Kier alpha value is -1.13. The first-order valence-electron chi connectivity index (χ1n) is 2.67. The van der Waals surface area contributed by atoms with Gasteiger partial charge in [-0.3, -0.25) is 9.98 Å². The zero-order chi connectivity index (χ0) is 8.91. The third-order valence-corrected chi connectivity index (χ3v) is 0.826. The number of hydrogen-bond donors (Lipinski definition) is 0. The summed E-state index contributed by atoms with van der Waals surface area (Å²) >= 11 is 0. The first-order chi connectivity index (χ1) is 5.02. The molecule has 0 heterocycles. The average Bonchev–Trinajstić information content (AvgIpc) is 1.85. The SMILES string of the molecule is C=N/C=C(\C=NC)C(F)(F)F. The first-order valence-corrected chi connectivity index (χ1v) is 2.67. The van der Waals surface area contributed by atoms with Crippen LogP contribution in [0.2, 0.25) is 0 Å². The van der Waals surface area contributed by atoms with E-state index < -0.39 is 11.7 Å². The van der Waals surface area contributed by atoms with E-state index in [0.717, 1.165) is 0 Å². The van der Waals surface area contributed by atoms with E-state index in [2.05, 4.69) is 16.7 Å². The molecule has 5 heteroatoms. The molecule has 0 spiro atoms. The van der Waals surface area contributed by atoms with Gasteiger partial charge in [0.05, 0.1) is 5.57 Å². The number of hydrogen-bond acceptors (Lipinski definition) is 2. The van der Waals surface area contributed by atoms with E-state index in [0.29, 0.717) is 12.4 Å². The molecule has 0 aliphatic heterocycles. The van der Waals surface area contributed by atoms with Crippen molar-refractivity contribution >= 4 is 12.9 Å². The van der Waals surface area contributed by atoms with Crippen molar-refractivity contribution in [2.45, 2.75) is 6.18 Å². The number of alkyl halides is 3. The van der Waals surface area contributed by atoms with E-state index in [1.165, 1.54) is 7.05 Å². The molecule has 0 radical (unpaired) electrons. The summed E-state index contributed by atoms with van der Waals surface area (Å²) in [6, 6.07) is 0. The highest BCUT2D eigenvalue weighted by Gasteiger charge is 2.32. The van der Waals surface area contributed by atoms with Gasteiger partial charge in [0.1, 0.15) is 0 Å². The second-order valence-corrected chi connectivity index (χ2v) is 1.65. The summed E-state index contributed by atoms with van der Waals surface area (Å²) in [6.45, 7) is 2.91. The summed E-state index contributed by atoms with van der Waals surface area (Å²) in [6.07, 6.45) is -3.09. The van der Waals surface area contributed by atoms with Crippen molar-refractivity contribution in [2.24, 2.45) is 9.98 Å². The van der Waals surface area contributed by atoms with E-state index in [1.54, 1.807) is 0 Å². The molecular weight excluding hydrogens is 157 g/mol. The van der Waals surface area contributed by atoms with E-state index >= 15 is 0 Å². The maximum Gasteiger partial charge on any atom is 0.419 e. The molecule has 0 aliphatic rings. The minimum Gasteiger partial charge on any atom is -0.296 e. The van der Waals surface area contributed by atoms with Crippen LogP contribution in [-0.4, -0.2) is 26.2 Å². The smallest absolute Gasteiger partial charge is 0.296 e. The van der Waals surface area contributed by atoms with Crippen molar-refractivity contribution in [3.63, 3.8) is 0 Å². The zero-order valence-corrected chi connectivity index (χ0v) is 5.89. The third-order valence-electron chi connectivity index (χ3n) is 0.826. The Labute approximate surface area is 62.2 Å². The molecule has 2 nitrogen and oxygen atoms in total. The molecule has 0 saturated carbocycles. The van der Waals surface area contributed by atoms with Crippen LogP contribution in [-0.2, 0) is 0 Å². The largest absolute Gasteiger partial charge is 0.419 e. The van der Waals surface area contributed by atoms with Crippen molar-refractivity contribution in [2.75, 3.05) is 7.05 Å². The molecule has 0 N–H and O–H groups in total. The number of halogens is 3. The molecule has 0 aromatic heterocycles. The quantitative estimate of drug-likeness (QED) is 0.556. The van der Waals surface area contributed by atoms with Gasteiger partial charge in [-0.15, -0.1) is 0 Å². The normalized spacial score (nSPS) is 14.0. The van der Waals surface area contributed by atoms with Gasteiger partial charge in [-0.05, 0) is 6.72 Å². The Bertz CT molecular complexity index is 190. The highest BCUT2D eigenvalue weighted by molar-refractivity contribution is 5.80. The van der Waals surface area contributed by atoms with Crippen molar-refractivity contribution in [3.05, 3.63) is 11.8 Å². The van der Waals surface area contributed by atoms with Crippen LogP contribution in [0.1, 0.15) is 0 Å². The van der Waals surface area contributed by atoms with Gasteiger partial charge in [0.2, 0.25) is 0 Å². The van der Waals surface area contributed by atoms with Gasteiger partial charge >= 0.3 is 6.18 Å². The topological polar surface area (TPSA) is 24.7 Å². The van der Waals surface area contributed by atoms with Crippen molar-refractivity contribution < 1.29 is 13.2 Å². The van der Waals surface area contributed by atoms with Gasteiger partial charge in [0, 0.05) is 19.5 Å². The Kier molecular flexibility index (Phi) is 3.50. The van der Waals surface area contributed by atoms with Crippen LogP contribution in [0.4, 0.5) is 13.2 Å². The minimum atomic E-state index is -4.40. The molecule has 0 fully saturated rings. The van der Waals surface area contributed by atoms with Crippen LogP contribution in [0.3, 0.4) is 0 Å². The summed E-state index contributed by atoms with van der Waals surface area (Å²) < 4.78 is 35.5. The Morgan fingerprint density at radius 2 is 2.00 bits per heavy atom. The predicted molar refractivity (Wildman–Crippen MR) is 38.1 cm³/mol. The highest BCUT2D eigenvalue weighted by Crippen LogP contribution is 2.23. The van der Waals surface area contributed by atoms with E-state index in [4.69, 9.17) is 0 Å². The first kappa shape index (κ1) is 9.87. The van der Waals surface area contributed by atoms with Gasteiger partial charge < -0.3 is 0 Å². The molecular formula is C6H7F3N2. The van der Waals surface area contributed by atoms with E-state index in [-0.39, 0.29) is 0 Å². The Morgan fingerprint density at radius 3 is 2.27 bits per heavy atom. The standard InChI is InChI=1S/C6H7F3N2/c1-10-3-5(4-11-2)6(7,8)9/h3-4H,1H2,2H3/b5-3+,11-4?. The fourth-order valence-electron chi connectivity index (χ4n) is 0.417. The van der Waals surface area contributed by atoms with Crippen LogP contribution in [0.15, 0.2) is 21.8 Å². The molecule has 0 aromatic carbocycles. The fraction of sp³-hybridized carbons (Fsp3) is 0.333. The summed E-state index contributed by atoms with van der Waals surface area (Å²) in [7, 11) is 1.25. The fourth-order valence-corrected chi connectivity index (χ4v) is 0.417. The average molecular weight is 164 g/mol.